The third-order valence-corrected chi connectivity index (χ3v) is 3.24. The van der Waals surface area contributed by atoms with E-state index in [0.29, 0.717) is 12.2 Å². The number of para-hydroxylation sites is 1. The molecule has 2 rings (SSSR count). The molecule has 0 fully saturated rings. The van der Waals surface area contributed by atoms with E-state index in [-0.39, 0.29) is 12.4 Å². The molecular weight excluding hydrogens is 270 g/mol. The maximum atomic E-state index is 12.5. The molecule has 0 aliphatic carbocycles. The number of hydrogen-bond acceptors (Lipinski definition) is 4. The number of carbonyl (C=O) groups is 2. The van der Waals surface area contributed by atoms with Crippen molar-refractivity contribution in [3.05, 3.63) is 35.5 Å². The highest BCUT2D eigenvalue weighted by Gasteiger charge is 2.24. The first-order chi connectivity index (χ1) is 10.0. The van der Waals surface area contributed by atoms with Crippen LogP contribution < -0.4 is 0 Å². The van der Waals surface area contributed by atoms with E-state index in [1.807, 2.05) is 31.2 Å². The fraction of sp³-hybridized carbons (Fsp3) is 0.375. The predicted molar refractivity (Wildman–Crippen MR) is 79.4 cm³/mol. The van der Waals surface area contributed by atoms with Gasteiger partial charge in [0.15, 0.2) is 6.10 Å². The van der Waals surface area contributed by atoms with Crippen molar-refractivity contribution in [3.63, 3.8) is 0 Å². The number of ether oxygens (including phenoxy) is 2. The van der Waals surface area contributed by atoms with Crippen LogP contribution in [0.25, 0.3) is 10.9 Å². The largest absolute Gasteiger partial charge is 0.453 e. The molecular formula is C16H19NO4. The number of esters is 1. The van der Waals surface area contributed by atoms with Crippen LogP contribution in [0.15, 0.2) is 24.3 Å². The van der Waals surface area contributed by atoms with E-state index in [4.69, 9.17) is 9.47 Å². The summed E-state index contributed by atoms with van der Waals surface area (Å²) in [7, 11) is 0. The van der Waals surface area contributed by atoms with Gasteiger partial charge in [-0.2, -0.15) is 0 Å². The lowest BCUT2D eigenvalue weighted by molar-refractivity contribution is -0.151. The van der Waals surface area contributed by atoms with Gasteiger partial charge in [0.05, 0.1) is 0 Å². The second-order valence-corrected chi connectivity index (χ2v) is 4.80. The van der Waals surface area contributed by atoms with Crippen LogP contribution in [0, 0.1) is 6.92 Å². The number of carbonyl (C=O) groups excluding carboxylic acids is 2. The maximum Gasteiger partial charge on any atom is 0.332 e. The highest BCUT2D eigenvalue weighted by atomic mass is 16.6. The molecule has 0 bridgehead atoms. The third-order valence-electron chi connectivity index (χ3n) is 3.24. The first kappa shape index (κ1) is 15.3. The number of rotatable bonds is 6. The molecule has 1 aromatic heterocycles. The van der Waals surface area contributed by atoms with Crippen LogP contribution in [0.2, 0.25) is 0 Å². The third kappa shape index (κ3) is 3.31. The molecule has 21 heavy (non-hydrogen) atoms. The predicted octanol–water partition coefficient (Wildman–Crippen LogP) is 2.63. The number of hydrogen-bond donors (Lipinski definition) is 1. The minimum Gasteiger partial charge on any atom is -0.453 e. The van der Waals surface area contributed by atoms with Crippen LogP contribution in [0.1, 0.15) is 29.9 Å². The smallest absolute Gasteiger partial charge is 0.332 e. The van der Waals surface area contributed by atoms with Gasteiger partial charge in [0.1, 0.15) is 6.61 Å². The topological polar surface area (TPSA) is 68.4 Å². The molecule has 0 saturated heterocycles. The number of H-pyrrole nitrogens is 1. The summed E-state index contributed by atoms with van der Waals surface area (Å²) in [6.45, 7) is 5.49. The fourth-order valence-corrected chi connectivity index (χ4v) is 2.27. The van der Waals surface area contributed by atoms with Gasteiger partial charge in [-0.3, -0.25) is 4.79 Å². The van der Waals surface area contributed by atoms with Crippen molar-refractivity contribution >= 4 is 22.7 Å². The van der Waals surface area contributed by atoms with Crippen molar-refractivity contribution in [2.75, 3.05) is 13.2 Å². The monoisotopic (exact) mass is 289 g/mol. The van der Waals surface area contributed by atoms with Gasteiger partial charge in [0.25, 0.3) is 0 Å². The van der Waals surface area contributed by atoms with Gasteiger partial charge in [0.2, 0.25) is 5.78 Å². The summed E-state index contributed by atoms with van der Waals surface area (Å²) < 4.78 is 10.1. The molecule has 1 N–H and O–H groups in total. The summed E-state index contributed by atoms with van der Waals surface area (Å²) >= 11 is 0. The molecule has 0 aliphatic heterocycles. The minimum atomic E-state index is -0.837. The number of aromatic nitrogens is 1. The summed E-state index contributed by atoms with van der Waals surface area (Å²) in [5.41, 5.74) is 2.24. The normalized spacial score (nSPS) is 12.3. The number of aryl methyl sites for hydroxylation is 1. The molecule has 0 radical (unpaired) electrons. The van der Waals surface area contributed by atoms with Crippen molar-refractivity contribution in [1.29, 1.82) is 0 Å². The second kappa shape index (κ2) is 6.54. The zero-order chi connectivity index (χ0) is 15.4. The van der Waals surface area contributed by atoms with E-state index < -0.39 is 12.1 Å². The number of ketones is 1. The lowest BCUT2D eigenvalue weighted by Crippen LogP contribution is -2.26. The molecule has 0 saturated carbocycles. The van der Waals surface area contributed by atoms with E-state index in [1.165, 1.54) is 0 Å². The molecule has 112 valence electrons. The fourth-order valence-electron chi connectivity index (χ4n) is 2.27. The Morgan fingerprint density at radius 2 is 2.00 bits per heavy atom. The van der Waals surface area contributed by atoms with Gasteiger partial charge in [0, 0.05) is 28.8 Å². The van der Waals surface area contributed by atoms with E-state index in [1.54, 1.807) is 13.8 Å². The Bertz CT molecular complexity index is 659. The van der Waals surface area contributed by atoms with Gasteiger partial charge in [-0.05, 0) is 26.8 Å². The van der Waals surface area contributed by atoms with E-state index >= 15 is 0 Å². The molecule has 0 amide bonds. The molecule has 1 aromatic carbocycles. The number of aromatic amines is 1. The van der Waals surface area contributed by atoms with E-state index in [9.17, 15) is 9.59 Å². The lowest BCUT2D eigenvalue weighted by Gasteiger charge is -2.12. The number of benzene rings is 1. The van der Waals surface area contributed by atoms with Crippen LogP contribution in [-0.4, -0.2) is 36.1 Å². The number of nitrogens with one attached hydrogen (secondary N) is 1. The maximum absolute atomic E-state index is 12.5. The summed E-state index contributed by atoms with van der Waals surface area (Å²) in [6, 6.07) is 7.56. The zero-order valence-electron chi connectivity index (χ0n) is 12.4. The second-order valence-electron chi connectivity index (χ2n) is 4.80. The minimum absolute atomic E-state index is 0.138. The molecule has 2 aromatic rings. The lowest BCUT2D eigenvalue weighted by atomic mass is 10.0. The quantitative estimate of drug-likeness (QED) is 0.655. The zero-order valence-corrected chi connectivity index (χ0v) is 12.4. The highest BCUT2D eigenvalue weighted by molar-refractivity contribution is 6.11. The first-order valence-electron chi connectivity index (χ1n) is 6.93. The van der Waals surface area contributed by atoms with Crippen LogP contribution in [0.4, 0.5) is 0 Å². The Morgan fingerprint density at radius 3 is 2.71 bits per heavy atom. The van der Waals surface area contributed by atoms with Crippen molar-refractivity contribution in [1.82, 2.24) is 4.98 Å². The Hall–Kier alpha value is -2.14. The van der Waals surface area contributed by atoms with Gasteiger partial charge in [-0.15, -0.1) is 0 Å². The van der Waals surface area contributed by atoms with Crippen LogP contribution >= 0.6 is 0 Å². The van der Waals surface area contributed by atoms with Gasteiger partial charge in [-0.25, -0.2) is 4.79 Å². The van der Waals surface area contributed by atoms with Crippen molar-refractivity contribution in [2.24, 2.45) is 0 Å². The molecule has 0 spiro atoms. The van der Waals surface area contributed by atoms with Crippen molar-refractivity contribution < 1.29 is 19.1 Å². The van der Waals surface area contributed by atoms with Crippen LogP contribution in [0.5, 0.6) is 0 Å². The summed E-state index contributed by atoms with van der Waals surface area (Å²) in [6.07, 6.45) is -0.837. The Balaban J connectivity index is 2.18. The van der Waals surface area contributed by atoms with Gasteiger partial charge >= 0.3 is 5.97 Å². The summed E-state index contributed by atoms with van der Waals surface area (Å²) in [5, 5.41) is 0.840. The molecule has 0 unspecified atom stereocenters. The van der Waals surface area contributed by atoms with Crippen LogP contribution in [0.3, 0.4) is 0 Å². The molecule has 0 aliphatic rings. The van der Waals surface area contributed by atoms with Crippen molar-refractivity contribution in [3.8, 4) is 0 Å². The Labute approximate surface area is 123 Å². The summed E-state index contributed by atoms with van der Waals surface area (Å²) in [5.74, 6) is -0.745. The van der Waals surface area contributed by atoms with Gasteiger partial charge in [-0.1, -0.05) is 18.2 Å². The average molecular weight is 289 g/mol. The highest BCUT2D eigenvalue weighted by Crippen LogP contribution is 2.23. The van der Waals surface area contributed by atoms with E-state index in [0.717, 1.165) is 16.6 Å². The Kier molecular flexibility index (Phi) is 4.75. The Morgan fingerprint density at radius 1 is 1.29 bits per heavy atom. The number of Topliss-reactive ketones (excluding diaryl/α,β-unsaturated/α-hetero) is 1. The average Bonchev–Trinajstić information content (AvgIpc) is 2.80. The first-order valence-corrected chi connectivity index (χ1v) is 6.93. The standard InChI is InChI=1S/C16H19NO4/c1-4-20-9-14(18)21-11(3)16(19)15-10(2)17-13-8-6-5-7-12(13)15/h5-8,11,17H,4,9H2,1-3H3/t11-/m0/s1. The van der Waals surface area contributed by atoms with Gasteiger partial charge < -0.3 is 14.5 Å². The molecule has 1 heterocycles. The number of fused-ring (bicyclic) bond motifs is 1. The summed E-state index contributed by atoms with van der Waals surface area (Å²) in [4.78, 5) is 27.2. The van der Waals surface area contributed by atoms with Crippen molar-refractivity contribution in [2.45, 2.75) is 26.9 Å². The SMILES string of the molecule is CCOCC(=O)O[C@@H](C)C(=O)c1c(C)[nH]c2ccccc12. The molecule has 5 heteroatoms. The van der Waals surface area contributed by atoms with E-state index in [2.05, 4.69) is 4.98 Å². The molecule has 1 atom stereocenters. The van der Waals surface area contributed by atoms with Crippen LogP contribution in [-0.2, 0) is 14.3 Å². The molecule has 5 nitrogen and oxygen atoms in total.